The second-order valence-corrected chi connectivity index (χ2v) is 6.86. The zero-order valence-electron chi connectivity index (χ0n) is 15.8. The molecule has 0 aliphatic heterocycles. The molecule has 0 saturated heterocycles. The fourth-order valence-corrected chi connectivity index (χ4v) is 2.99. The normalized spacial score (nSPS) is 11.3. The second-order valence-electron chi connectivity index (χ2n) is 6.86. The number of hydrogen-bond donors (Lipinski definition) is 1. The summed E-state index contributed by atoms with van der Waals surface area (Å²) in [7, 11) is 3.74. The molecule has 0 bridgehead atoms. The van der Waals surface area contributed by atoms with E-state index in [4.69, 9.17) is 9.40 Å². The lowest BCUT2D eigenvalue weighted by atomic mass is 10.1. The molecule has 26 heavy (non-hydrogen) atoms. The first kappa shape index (κ1) is 18.1. The lowest BCUT2D eigenvalue weighted by molar-refractivity contribution is -0.116. The molecule has 2 aromatic heterocycles. The standard InChI is InChI=1S/C21H25N3O2/c1-5-6-16-8-10-20(26-16)19-11-14(2)17-9-7-15(12-18(17)23-19)22-21(25)13-24(3)4/h7-12H,5-6,13H2,1-4H3,(H,22,25). The molecular formula is C21H25N3O2. The van der Waals surface area contributed by atoms with Crippen molar-refractivity contribution >= 4 is 22.5 Å². The van der Waals surface area contributed by atoms with Crippen molar-refractivity contribution in [1.29, 1.82) is 0 Å². The first-order valence-corrected chi connectivity index (χ1v) is 8.91. The molecule has 0 unspecified atom stereocenters. The van der Waals surface area contributed by atoms with Gasteiger partial charge in [-0.1, -0.05) is 13.0 Å². The maximum absolute atomic E-state index is 12.0. The van der Waals surface area contributed by atoms with E-state index < -0.39 is 0 Å². The number of fused-ring (bicyclic) bond motifs is 1. The first-order chi connectivity index (χ1) is 12.5. The minimum absolute atomic E-state index is 0.0440. The lowest BCUT2D eigenvalue weighted by Crippen LogP contribution is -2.27. The average molecular weight is 351 g/mol. The van der Waals surface area contributed by atoms with Gasteiger partial charge in [0.05, 0.1) is 12.1 Å². The van der Waals surface area contributed by atoms with Crippen LogP contribution in [0.25, 0.3) is 22.4 Å². The fraction of sp³-hybridized carbons (Fsp3) is 0.333. The third-order valence-electron chi connectivity index (χ3n) is 4.17. The number of carbonyl (C=O) groups excluding carboxylic acids is 1. The molecule has 0 aliphatic carbocycles. The third-order valence-corrected chi connectivity index (χ3v) is 4.17. The summed E-state index contributed by atoms with van der Waals surface area (Å²) in [6.07, 6.45) is 1.97. The number of anilines is 1. The first-order valence-electron chi connectivity index (χ1n) is 8.91. The summed E-state index contributed by atoms with van der Waals surface area (Å²) in [6, 6.07) is 11.9. The summed E-state index contributed by atoms with van der Waals surface area (Å²) < 4.78 is 5.91. The highest BCUT2D eigenvalue weighted by Crippen LogP contribution is 2.27. The van der Waals surface area contributed by atoms with Crippen LogP contribution in [0.15, 0.2) is 40.8 Å². The van der Waals surface area contributed by atoms with Crippen LogP contribution in [0.1, 0.15) is 24.7 Å². The van der Waals surface area contributed by atoms with Crippen LogP contribution in [-0.4, -0.2) is 36.4 Å². The van der Waals surface area contributed by atoms with E-state index >= 15 is 0 Å². The Bertz CT molecular complexity index is 928. The molecule has 0 radical (unpaired) electrons. The summed E-state index contributed by atoms with van der Waals surface area (Å²) >= 11 is 0. The topological polar surface area (TPSA) is 58.4 Å². The molecule has 3 aromatic rings. The molecule has 5 nitrogen and oxygen atoms in total. The van der Waals surface area contributed by atoms with Crippen LogP contribution in [0, 0.1) is 6.92 Å². The number of benzene rings is 1. The average Bonchev–Trinajstić information content (AvgIpc) is 3.02. The van der Waals surface area contributed by atoms with Gasteiger partial charge in [-0.05, 0) is 63.3 Å². The van der Waals surface area contributed by atoms with Crippen LogP contribution in [0.4, 0.5) is 5.69 Å². The van der Waals surface area contributed by atoms with Crippen LogP contribution in [0.5, 0.6) is 0 Å². The Labute approximate surface area is 154 Å². The van der Waals surface area contributed by atoms with E-state index in [9.17, 15) is 4.79 Å². The smallest absolute Gasteiger partial charge is 0.238 e. The van der Waals surface area contributed by atoms with Crippen molar-refractivity contribution in [1.82, 2.24) is 9.88 Å². The Balaban J connectivity index is 1.93. The number of aryl methyl sites for hydroxylation is 2. The highest BCUT2D eigenvalue weighted by Gasteiger charge is 2.11. The molecular weight excluding hydrogens is 326 g/mol. The van der Waals surface area contributed by atoms with Crippen molar-refractivity contribution in [3.8, 4) is 11.5 Å². The number of pyridine rings is 1. The van der Waals surface area contributed by atoms with E-state index in [-0.39, 0.29) is 5.91 Å². The van der Waals surface area contributed by atoms with Gasteiger partial charge in [-0.25, -0.2) is 4.98 Å². The summed E-state index contributed by atoms with van der Waals surface area (Å²) in [5.41, 5.74) is 3.54. The largest absolute Gasteiger partial charge is 0.459 e. The minimum atomic E-state index is -0.0440. The Morgan fingerprint density at radius 2 is 2.00 bits per heavy atom. The predicted molar refractivity (Wildman–Crippen MR) is 105 cm³/mol. The number of amides is 1. The third kappa shape index (κ3) is 4.11. The van der Waals surface area contributed by atoms with E-state index in [1.54, 1.807) is 0 Å². The molecule has 1 aromatic carbocycles. The zero-order valence-corrected chi connectivity index (χ0v) is 15.8. The molecule has 0 atom stereocenters. The molecule has 136 valence electrons. The maximum Gasteiger partial charge on any atom is 0.238 e. The van der Waals surface area contributed by atoms with Gasteiger partial charge in [0, 0.05) is 17.5 Å². The SMILES string of the molecule is CCCc1ccc(-c2cc(C)c3ccc(NC(=O)CN(C)C)cc3n2)o1. The number of likely N-dealkylation sites (N-methyl/N-ethyl adjacent to an activating group) is 1. The molecule has 1 amide bonds. The van der Waals surface area contributed by atoms with Crippen LogP contribution in [-0.2, 0) is 11.2 Å². The summed E-state index contributed by atoms with van der Waals surface area (Å²) in [6.45, 7) is 4.54. The monoisotopic (exact) mass is 351 g/mol. The number of furan rings is 1. The molecule has 2 heterocycles. The van der Waals surface area contributed by atoms with Gasteiger partial charge in [-0.15, -0.1) is 0 Å². The second kappa shape index (κ2) is 7.70. The zero-order chi connectivity index (χ0) is 18.7. The van der Waals surface area contributed by atoms with Crippen LogP contribution in [0.2, 0.25) is 0 Å². The Hall–Kier alpha value is -2.66. The summed E-state index contributed by atoms with van der Waals surface area (Å²) in [4.78, 5) is 18.6. The Morgan fingerprint density at radius 1 is 1.19 bits per heavy atom. The van der Waals surface area contributed by atoms with Gasteiger partial charge in [-0.2, -0.15) is 0 Å². The summed E-state index contributed by atoms with van der Waals surface area (Å²) in [5, 5.41) is 3.99. The molecule has 0 saturated carbocycles. The highest BCUT2D eigenvalue weighted by molar-refractivity contribution is 5.95. The van der Waals surface area contributed by atoms with Gasteiger partial charge >= 0.3 is 0 Å². The molecule has 3 rings (SSSR count). The van der Waals surface area contributed by atoms with E-state index in [0.717, 1.165) is 52.2 Å². The quantitative estimate of drug-likeness (QED) is 0.721. The molecule has 0 spiro atoms. The van der Waals surface area contributed by atoms with Gasteiger partial charge in [0.2, 0.25) is 5.91 Å². The number of aromatic nitrogens is 1. The van der Waals surface area contributed by atoms with Gasteiger partial charge in [-0.3, -0.25) is 4.79 Å². The number of nitrogens with one attached hydrogen (secondary N) is 1. The van der Waals surface area contributed by atoms with Crippen LogP contribution < -0.4 is 5.32 Å². The lowest BCUT2D eigenvalue weighted by Gasteiger charge is -2.11. The van der Waals surface area contributed by atoms with Gasteiger partial charge in [0.15, 0.2) is 5.76 Å². The predicted octanol–water partition coefficient (Wildman–Crippen LogP) is 4.26. The molecule has 0 aliphatic rings. The van der Waals surface area contributed by atoms with Crippen molar-refractivity contribution in [2.75, 3.05) is 26.0 Å². The fourth-order valence-electron chi connectivity index (χ4n) is 2.99. The van der Waals surface area contributed by atoms with Crippen molar-refractivity contribution in [2.45, 2.75) is 26.7 Å². The van der Waals surface area contributed by atoms with Crippen LogP contribution >= 0.6 is 0 Å². The van der Waals surface area contributed by atoms with Gasteiger partial charge in [0.25, 0.3) is 0 Å². The molecule has 1 N–H and O–H groups in total. The highest BCUT2D eigenvalue weighted by atomic mass is 16.3. The molecule has 5 heteroatoms. The van der Waals surface area contributed by atoms with E-state index in [1.807, 2.05) is 55.4 Å². The van der Waals surface area contributed by atoms with Gasteiger partial charge in [0.1, 0.15) is 11.5 Å². The van der Waals surface area contributed by atoms with Crippen molar-refractivity contribution in [3.05, 3.63) is 47.7 Å². The van der Waals surface area contributed by atoms with E-state index in [0.29, 0.717) is 6.54 Å². The van der Waals surface area contributed by atoms with Crippen molar-refractivity contribution in [2.24, 2.45) is 0 Å². The minimum Gasteiger partial charge on any atom is -0.459 e. The maximum atomic E-state index is 12.0. The number of nitrogens with zero attached hydrogens (tertiary/aromatic N) is 2. The Morgan fingerprint density at radius 3 is 2.73 bits per heavy atom. The number of hydrogen-bond acceptors (Lipinski definition) is 4. The van der Waals surface area contributed by atoms with E-state index in [2.05, 4.69) is 19.2 Å². The van der Waals surface area contributed by atoms with Crippen LogP contribution in [0.3, 0.4) is 0 Å². The van der Waals surface area contributed by atoms with E-state index in [1.165, 1.54) is 0 Å². The molecule has 0 fully saturated rings. The number of rotatable bonds is 6. The Kier molecular flexibility index (Phi) is 5.38. The van der Waals surface area contributed by atoms with Crippen molar-refractivity contribution in [3.63, 3.8) is 0 Å². The van der Waals surface area contributed by atoms with Crippen molar-refractivity contribution < 1.29 is 9.21 Å². The number of carbonyl (C=O) groups is 1. The summed E-state index contributed by atoms with van der Waals surface area (Å²) in [5.74, 6) is 1.71. The van der Waals surface area contributed by atoms with Gasteiger partial charge < -0.3 is 14.6 Å².